The predicted octanol–water partition coefficient (Wildman–Crippen LogP) is 4.03. The highest BCUT2D eigenvalue weighted by Gasteiger charge is 2.18. The molecule has 1 aromatic heterocycles. The van der Waals surface area contributed by atoms with Gasteiger partial charge in [-0.05, 0) is 19.1 Å². The molecule has 0 radical (unpaired) electrons. The van der Waals surface area contributed by atoms with Gasteiger partial charge >= 0.3 is 0 Å². The fraction of sp³-hybridized carbons (Fsp3) is 0.200. The van der Waals surface area contributed by atoms with Crippen molar-refractivity contribution in [2.24, 2.45) is 0 Å². The second kappa shape index (κ2) is 7.70. The standard InChI is InChI=1S/C20H17N3O4/c1-14-17(23(25)26)8-4-9-20(14)27-13-19(24)16-12-22(11-5-10-21)18-7-3-2-6-15(16)18/h2-4,6-9,12H,5,11,13H2,1H3. The Bertz CT molecular complexity index is 1060. The lowest BCUT2D eigenvalue weighted by molar-refractivity contribution is -0.385. The first-order valence-corrected chi connectivity index (χ1v) is 8.37. The molecular weight excluding hydrogens is 346 g/mol. The Morgan fingerprint density at radius 1 is 1.26 bits per heavy atom. The Morgan fingerprint density at radius 3 is 2.78 bits per heavy atom. The monoisotopic (exact) mass is 363 g/mol. The van der Waals surface area contributed by atoms with E-state index in [1.165, 1.54) is 12.1 Å². The van der Waals surface area contributed by atoms with Gasteiger partial charge in [-0.1, -0.05) is 24.3 Å². The van der Waals surface area contributed by atoms with E-state index in [1.54, 1.807) is 19.2 Å². The van der Waals surface area contributed by atoms with Gasteiger partial charge in [0.25, 0.3) is 5.69 Å². The largest absolute Gasteiger partial charge is 0.485 e. The number of benzene rings is 2. The van der Waals surface area contributed by atoms with Crippen molar-refractivity contribution >= 4 is 22.4 Å². The third-order valence-electron chi connectivity index (χ3n) is 4.36. The van der Waals surface area contributed by atoms with E-state index in [0.29, 0.717) is 29.8 Å². The van der Waals surface area contributed by atoms with Crippen LogP contribution in [0.3, 0.4) is 0 Å². The van der Waals surface area contributed by atoms with Gasteiger partial charge in [0.05, 0.1) is 23.0 Å². The molecule has 3 aromatic rings. The van der Waals surface area contributed by atoms with Gasteiger partial charge in [-0.3, -0.25) is 14.9 Å². The van der Waals surface area contributed by atoms with E-state index in [-0.39, 0.29) is 18.1 Å². The molecule has 0 saturated heterocycles. The lowest BCUT2D eigenvalue weighted by Crippen LogP contribution is -2.12. The van der Waals surface area contributed by atoms with E-state index >= 15 is 0 Å². The molecule has 0 aliphatic carbocycles. The molecule has 7 heteroatoms. The fourth-order valence-electron chi connectivity index (χ4n) is 3.00. The molecule has 0 unspecified atom stereocenters. The van der Waals surface area contributed by atoms with Crippen LogP contribution >= 0.6 is 0 Å². The molecule has 0 bridgehead atoms. The van der Waals surface area contributed by atoms with Crippen molar-refractivity contribution in [2.75, 3.05) is 6.61 Å². The predicted molar refractivity (Wildman–Crippen MR) is 99.8 cm³/mol. The van der Waals surface area contributed by atoms with Crippen molar-refractivity contribution in [2.45, 2.75) is 19.9 Å². The summed E-state index contributed by atoms with van der Waals surface area (Å²) < 4.78 is 7.45. The highest BCUT2D eigenvalue weighted by atomic mass is 16.6. The van der Waals surface area contributed by atoms with Gasteiger partial charge in [-0.25, -0.2) is 0 Å². The van der Waals surface area contributed by atoms with Crippen molar-refractivity contribution in [3.63, 3.8) is 0 Å². The number of ether oxygens (including phenoxy) is 1. The first kappa shape index (κ1) is 18.1. The number of para-hydroxylation sites is 1. The molecule has 0 spiro atoms. The molecule has 0 fully saturated rings. The molecule has 0 amide bonds. The van der Waals surface area contributed by atoms with Crippen LogP contribution in [0.4, 0.5) is 5.69 Å². The molecular formula is C20H17N3O4. The highest BCUT2D eigenvalue weighted by Crippen LogP contribution is 2.28. The van der Waals surface area contributed by atoms with Crippen molar-refractivity contribution in [1.29, 1.82) is 5.26 Å². The van der Waals surface area contributed by atoms with Crippen LogP contribution in [0.1, 0.15) is 22.3 Å². The van der Waals surface area contributed by atoms with Crippen LogP contribution in [0.15, 0.2) is 48.7 Å². The van der Waals surface area contributed by atoms with Crippen molar-refractivity contribution in [3.8, 4) is 11.8 Å². The van der Waals surface area contributed by atoms with Crippen LogP contribution < -0.4 is 4.74 Å². The van der Waals surface area contributed by atoms with E-state index in [0.717, 1.165) is 10.9 Å². The molecule has 2 aromatic carbocycles. The Hall–Kier alpha value is -3.66. The summed E-state index contributed by atoms with van der Waals surface area (Å²) in [7, 11) is 0. The molecule has 0 N–H and O–H groups in total. The second-order valence-corrected chi connectivity index (χ2v) is 6.03. The topological polar surface area (TPSA) is 98.2 Å². The number of carbonyl (C=O) groups is 1. The summed E-state index contributed by atoms with van der Waals surface area (Å²) in [5.41, 5.74) is 1.72. The van der Waals surface area contributed by atoms with Crippen molar-refractivity contribution in [3.05, 3.63) is 69.9 Å². The van der Waals surface area contributed by atoms with E-state index in [1.807, 2.05) is 28.8 Å². The minimum atomic E-state index is -0.479. The number of rotatable bonds is 7. The molecule has 7 nitrogen and oxygen atoms in total. The van der Waals surface area contributed by atoms with E-state index in [4.69, 9.17) is 10.00 Å². The zero-order valence-electron chi connectivity index (χ0n) is 14.7. The van der Waals surface area contributed by atoms with Crippen molar-refractivity contribution in [1.82, 2.24) is 4.57 Å². The Balaban J connectivity index is 1.84. The number of nitrogens with zero attached hydrogens (tertiary/aromatic N) is 3. The van der Waals surface area contributed by atoms with Crippen LogP contribution in [0.5, 0.6) is 5.75 Å². The van der Waals surface area contributed by atoms with Crippen LogP contribution in [-0.2, 0) is 6.54 Å². The number of Topliss-reactive ketones (excluding diaryl/α,β-unsaturated/α-hetero) is 1. The summed E-state index contributed by atoms with van der Waals surface area (Å²) in [4.78, 5) is 23.3. The summed E-state index contributed by atoms with van der Waals surface area (Å²) >= 11 is 0. The lowest BCUT2D eigenvalue weighted by atomic mass is 10.1. The van der Waals surface area contributed by atoms with Gasteiger partial charge in [-0.2, -0.15) is 5.26 Å². The Morgan fingerprint density at radius 2 is 2.04 bits per heavy atom. The molecule has 3 rings (SSSR count). The summed E-state index contributed by atoms with van der Waals surface area (Å²) in [5.74, 6) is 0.0820. The molecule has 0 aliphatic rings. The van der Waals surface area contributed by atoms with E-state index in [2.05, 4.69) is 6.07 Å². The molecule has 0 saturated carbocycles. The van der Waals surface area contributed by atoms with Gasteiger partial charge in [0.2, 0.25) is 5.78 Å². The first-order chi connectivity index (χ1) is 13.0. The van der Waals surface area contributed by atoms with Crippen LogP contribution in [-0.4, -0.2) is 21.9 Å². The number of aryl methyl sites for hydroxylation is 1. The number of carbonyl (C=O) groups excluding carboxylic acids is 1. The Kier molecular flexibility index (Phi) is 5.18. The lowest BCUT2D eigenvalue weighted by Gasteiger charge is -2.08. The number of hydrogen-bond acceptors (Lipinski definition) is 5. The third kappa shape index (κ3) is 3.65. The van der Waals surface area contributed by atoms with E-state index in [9.17, 15) is 14.9 Å². The van der Waals surface area contributed by atoms with Gasteiger partial charge in [0.1, 0.15) is 5.75 Å². The van der Waals surface area contributed by atoms with E-state index < -0.39 is 4.92 Å². The normalized spacial score (nSPS) is 10.5. The molecule has 136 valence electrons. The second-order valence-electron chi connectivity index (χ2n) is 6.03. The Labute approximate surface area is 155 Å². The van der Waals surface area contributed by atoms with Crippen molar-refractivity contribution < 1.29 is 14.5 Å². The van der Waals surface area contributed by atoms with Crippen LogP contribution in [0.2, 0.25) is 0 Å². The summed E-state index contributed by atoms with van der Waals surface area (Å²) in [6, 6.07) is 14.1. The molecule has 0 atom stereocenters. The van der Waals surface area contributed by atoms with Gasteiger partial charge in [-0.15, -0.1) is 0 Å². The number of aromatic nitrogens is 1. The number of nitro benzene ring substituents is 1. The maximum Gasteiger partial charge on any atom is 0.276 e. The van der Waals surface area contributed by atoms with Gasteiger partial charge < -0.3 is 9.30 Å². The average molecular weight is 363 g/mol. The zero-order valence-corrected chi connectivity index (χ0v) is 14.7. The van der Waals surface area contributed by atoms with Crippen LogP contribution in [0, 0.1) is 28.4 Å². The number of fused-ring (bicyclic) bond motifs is 1. The molecule has 27 heavy (non-hydrogen) atoms. The van der Waals surface area contributed by atoms with Gasteiger partial charge in [0.15, 0.2) is 6.61 Å². The number of nitriles is 1. The smallest absolute Gasteiger partial charge is 0.276 e. The molecule has 0 aliphatic heterocycles. The van der Waals surface area contributed by atoms with Crippen LogP contribution in [0.25, 0.3) is 10.9 Å². The summed E-state index contributed by atoms with van der Waals surface area (Å²) in [5, 5.41) is 20.6. The third-order valence-corrected chi connectivity index (χ3v) is 4.36. The quantitative estimate of drug-likeness (QED) is 0.358. The maximum atomic E-state index is 12.7. The SMILES string of the molecule is Cc1c(OCC(=O)c2cn(CCC#N)c3ccccc23)cccc1[N+](=O)[O-]. The number of nitro groups is 1. The highest BCUT2D eigenvalue weighted by molar-refractivity contribution is 6.08. The summed E-state index contributed by atoms with van der Waals surface area (Å²) in [6.07, 6.45) is 2.07. The molecule has 1 heterocycles. The number of ketones is 1. The minimum Gasteiger partial charge on any atom is -0.485 e. The fourth-order valence-corrected chi connectivity index (χ4v) is 3.00. The number of hydrogen-bond donors (Lipinski definition) is 0. The minimum absolute atomic E-state index is 0.0481. The summed E-state index contributed by atoms with van der Waals surface area (Å²) in [6.45, 7) is 1.86. The maximum absolute atomic E-state index is 12.7. The first-order valence-electron chi connectivity index (χ1n) is 8.37. The average Bonchev–Trinajstić information content (AvgIpc) is 3.04. The van der Waals surface area contributed by atoms with Gasteiger partial charge in [0, 0.05) is 35.3 Å². The zero-order chi connectivity index (χ0) is 19.4.